The van der Waals surface area contributed by atoms with Crippen molar-refractivity contribution in [3.05, 3.63) is 64.0 Å². The van der Waals surface area contributed by atoms with E-state index in [1.54, 1.807) is 13.8 Å². The van der Waals surface area contributed by atoms with Gasteiger partial charge in [-0.1, -0.05) is 26.0 Å². The highest BCUT2D eigenvalue weighted by Crippen LogP contribution is 2.31. The summed E-state index contributed by atoms with van der Waals surface area (Å²) in [5, 5.41) is 11.0. The quantitative estimate of drug-likeness (QED) is 0.584. The minimum atomic E-state index is -4.13. The van der Waals surface area contributed by atoms with Crippen LogP contribution in [0.1, 0.15) is 25.5 Å². The monoisotopic (exact) mass is 382 g/mol. The van der Waals surface area contributed by atoms with Crippen LogP contribution in [0, 0.1) is 21.8 Å². The number of nitro benzene ring substituents is 1. The number of hydrogen-bond acceptors (Lipinski definition) is 5. The number of nitrogens with one attached hydrogen (secondary N) is 1. The van der Waals surface area contributed by atoms with Gasteiger partial charge in [0.15, 0.2) is 0 Å². The molecule has 2 aromatic carbocycles. The van der Waals surface area contributed by atoms with E-state index in [1.807, 2.05) is 0 Å². The summed E-state index contributed by atoms with van der Waals surface area (Å²) >= 11 is 0. The average molecular weight is 382 g/mol. The normalized spacial score (nSPS) is 12.8. The Morgan fingerprint density at radius 1 is 1.15 bits per heavy atom. The topological polar surface area (TPSA) is 98.5 Å². The van der Waals surface area contributed by atoms with E-state index in [4.69, 9.17) is 4.74 Å². The summed E-state index contributed by atoms with van der Waals surface area (Å²) in [6.07, 6.45) is 0. The number of nitrogens with zero attached hydrogens (tertiary/aromatic N) is 1. The summed E-state index contributed by atoms with van der Waals surface area (Å²) in [7, 11) is -2.86. The highest BCUT2D eigenvalue weighted by molar-refractivity contribution is 7.89. The van der Waals surface area contributed by atoms with Crippen LogP contribution >= 0.6 is 0 Å². The lowest BCUT2D eigenvalue weighted by Gasteiger charge is -2.23. The first kappa shape index (κ1) is 19.8. The fourth-order valence-electron chi connectivity index (χ4n) is 2.48. The van der Waals surface area contributed by atoms with Crippen LogP contribution in [0.2, 0.25) is 0 Å². The highest BCUT2D eigenvalue weighted by atomic mass is 32.2. The number of sulfonamides is 1. The Morgan fingerprint density at radius 2 is 1.77 bits per heavy atom. The van der Waals surface area contributed by atoms with Gasteiger partial charge in [-0.3, -0.25) is 10.1 Å². The molecule has 0 spiro atoms. The predicted octanol–water partition coefficient (Wildman–Crippen LogP) is 3.42. The van der Waals surface area contributed by atoms with Gasteiger partial charge in [0, 0.05) is 18.2 Å². The molecule has 0 fully saturated rings. The smallest absolute Gasteiger partial charge is 0.271 e. The Morgan fingerprint density at radius 3 is 2.27 bits per heavy atom. The standard InChI is InChI=1S/C17H19FN2O5S/c1-11(2)17(12-4-6-13(18)7-5-12)19-26(23,24)16-10-14(20(21)22)8-9-15(16)25-3/h4-11,17,19H,1-3H3. The lowest BCUT2D eigenvalue weighted by Crippen LogP contribution is -2.32. The maximum atomic E-state index is 13.2. The van der Waals surface area contributed by atoms with E-state index in [1.165, 1.54) is 37.4 Å². The summed E-state index contributed by atoms with van der Waals surface area (Å²) in [6.45, 7) is 3.61. The molecule has 1 N–H and O–H groups in total. The van der Waals surface area contributed by atoms with Gasteiger partial charge in [0.25, 0.3) is 5.69 Å². The van der Waals surface area contributed by atoms with Crippen LogP contribution in [0.3, 0.4) is 0 Å². The van der Waals surface area contributed by atoms with Crippen molar-refractivity contribution < 1.29 is 22.5 Å². The SMILES string of the molecule is COc1ccc([N+](=O)[O-])cc1S(=O)(=O)NC(c1ccc(F)cc1)C(C)C. The molecule has 0 saturated heterocycles. The van der Waals surface area contributed by atoms with Crippen LogP contribution < -0.4 is 9.46 Å². The average Bonchev–Trinajstić information content (AvgIpc) is 2.59. The molecule has 140 valence electrons. The molecule has 0 aliphatic rings. The van der Waals surface area contributed by atoms with Gasteiger partial charge in [0.1, 0.15) is 16.5 Å². The van der Waals surface area contributed by atoms with Crippen LogP contribution in [0.25, 0.3) is 0 Å². The van der Waals surface area contributed by atoms with Gasteiger partial charge in [0.2, 0.25) is 10.0 Å². The molecule has 2 aromatic rings. The van der Waals surface area contributed by atoms with Crippen LogP contribution in [-0.2, 0) is 10.0 Å². The van der Waals surface area contributed by atoms with E-state index in [9.17, 15) is 22.9 Å². The number of methoxy groups -OCH3 is 1. The molecule has 0 radical (unpaired) electrons. The number of ether oxygens (including phenoxy) is 1. The van der Waals surface area contributed by atoms with Gasteiger partial charge >= 0.3 is 0 Å². The molecule has 0 heterocycles. The molecule has 2 rings (SSSR count). The summed E-state index contributed by atoms with van der Waals surface area (Å²) in [6, 6.07) is 8.17. The minimum Gasteiger partial charge on any atom is -0.495 e. The second-order valence-electron chi connectivity index (χ2n) is 5.99. The Balaban J connectivity index is 2.47. The molecule has 9 heteroatoms. The zero-order valence-corrected chi connectivity index (χ0v) is 15.3. The van der Waals surface area contributed by atoms with Gasteiger partial charge in [-0.05, 0) is 29.7 Å². The molecule has 0 aliphatic heterocycles. The van der Waals surface area contributed by atoms with Crippen molar-refractivity contribution in [3.63, 3.8) is 0 Å². The molecule has 0 bridgehead atoms. The molecular weight excluding hydrogens is 363 g/mol. The molecular formula is C17H19FN2O5S. The first-order valence-corrected chi connectivity index (χ1v) is 9.24. The van der Waals surface area contributed by atoms with Crippen LogP contribution in [-0.4, -0.2) is 20.5 Å². The van der Waals surface area contributed by atoms with Crippen molar-refractivity contribution in [2.24, 2.45) is 5.92 Å². The van der Waals surface area contributed by atoms with E-state index in [2.05, 4.69) is 4.72 Å². The van der Waals surface area contributed by atoms with E-state index >= 15 is 0 Å². The van der Waals surface area contributed by atoms with E-state index in [0.717, 1.165) is 12.1 Å². The van der Waals surface area contributed by atoms with Crippen LogP contribution in [0.4, 0.5) is 10.1 Å². The van der Waals surface area contributed by atoms with Crippen molar-refractivity contribution in [1.82, 2.24) is 4.72 Å². The van der Waals surface area contributed by atoms with E-state index in [0.29, 0.717) is 5.56 Å². The van der Waals surface area contributed by atoms with Gasteiger partial charge in [-0.2, -0.15) is 0 Å². The van der Waals surface area contributed by atoms with Gasteiger partial charge in [0.05, 0.1) is 12.0 Å². The molecule has 0 amide bonds. The van der Waals surface area contributed by atoms with Gasteiger partial charge < -0.3 is 4.74 Å². The number of benzene rings is 2. The summed E-state index contributed by atoms with van der Waals surface area (Å²) in [5.41, 5.74) is 0.212. The predicted molar refractivity (Wildman–Crippen MR) is 93.9 cm³/mol. The largest absolute Gasteiger partial charge is 0.495 e. The summed E-state index contributed by atoms with van der Waals surface area (Å²) in [5.74, 6) is -0.593. The number of hydrogen-bond donors (Lipinski definition) is 1. The minimum absolute atomic E-state index is 0.00953. The molecule has 0 aliphatic carbocycles. The first-order valence-electron chi connectivity index (χ1n) is 7.76. The fourth-order valence-corrected chi connectivity index (χ4v) is 4.04. The zero-order chi connectivity index (χ0) is 19.5. The highest BCUT2D eigenvalue weighted by Gasteiger charge is 2.28. The molecule has 1 unspecified atom stereocenters. The third-order valence-corrected chi connectivity index (χ3v) is 5.29. The molecule has 26 heavy (non-hydrogen) atoms. The zero-order valence-electron chi connectivity index (χ0n) is 14.5. The van der Waals surface area contributed by atoms with Crippen LogP contribution in [0.15, 0.2) is 47.4 Å². The van der Waals surface area contributed by atoms with Gasteiger partial charge in [-0.25, -0.2) is 17.5 Å². The third-order valence-electron chi connectivity index (χ3n) is 3.83. The third kappa shape index (κ3) is 4.36. The van der Waals surface area contributed by atoms with Crippen molar-refractivity contribution in [3.8, 4) is 5.75 Å². The molecule has 0 saturated carbocycles. The first-order chi connectivity index (χ1) is 12.2. The second kappa shape index (κ2) is 7.79. The summed E-state index contributed by atoms with van der Waals surface area (Å²) in [4.78, 5) is 9.96. The molecule has 7 nitrogen and oxygen atoms in total. The number of rotatable bonds is 7. The van der Waals surface area contributed by atoms with Crippen molar-refractivity contribution in [2.45, 2.75) is 24.8 Å². The Labute approximate surface area is 151 Å². The van der Waals surface area contributed by atoms with Crippen LogP contribution in [0.5, 0.6) is 5.75 Å². The van der Waals surface area contributed by atoms with Crippen molar-refractivity contribution >= 4 is 15.7 Å². The Kier molecular flexibility index (Phi) is 5.94. The number of nitro groups is 1. The van der Waals surface area contributed by atoms with E-state index in [-0.39, 0.29) is 22.3 Å². The maximum absolute atomic E-state index is 13.2. The van der Waals surface area contributed by atoms with Crippen molar-refractivity contribution in [2.75, 3.05) is 7.11 Å². The number of non-ortho nitro benzene ring substituents is 1. The second-order valence-corrected chi connectivity index (χ2v) is 7.67. The van der Waals surface area contributed by atoms with Gasteiger partial charge in [-0.15, -0.1) is 0 Å². The fraction of sp³-hybridized carbons (Fsp3) is 0.294. The maximum Gasteiger partial charge on any atom is 0.271 e. The number of halogens is 1. The lowest BCUT2D eigenvalue weighted by atomic mass is 9.97. The Hall–Kier alpha value is -2.52. The summed E-state index contributed by atoms with van der Waals surface area (Å²) < 4.78 is 46.4. The van der Waals surface area contributed by atoms with E-state index < -0.39 is 26.8 Å². The Bertz CT molecular complexity index is 898. The lowest BCUT2D eigenvalue weighted by molar-refractivity contribution is -0.385. The molecule has 0 aromatic heterocycles. The van der Waals surface area contributed by atoms with Crippen molar-refractivity contribution in [1.29, 1.82) is 0 Å². The molecule has 1 atom stereocenters.